The molecule has 25 atom stereocenters. The highest BCUT2D eigenvalue weighted by molar-refractivity contribution is 7.53. The lowest BCUT2D eigenvalue weighted by Gasteiger charge is -2.27. The zero-order valence-electron chi connectivity index (χ0n) is 84.7. The third-order valence-electron chi connectivity index (χ3n) is 22.4. The number of aliphatic hydroxyl groups is 8. The molecule has 4 aromatic heterocycles. The number of carbonyl (C=O) groups excluding carboxylic acids is 5. The van der Waals surface area contributed by atoms with Gasteiger partial charge >= 0.3 is 83.6 Å². The van der Waals surface area contributed by atoms with Gasteiger partial charge in [-0.1, -0.05) is 91.4 Å². The highest BCUT2D eigenvalue weighted by Crippen LogP contribution is 2.52. The number of esters is 5. The molecule has 150 heavy (non-hydrogen) atoms. The van der Waals surface area contributed by atoms with E-state index in [9.17, 15) is 102 Å². The van der Waals surface area contributed by atoms with Crippen LogP contribution in [0.2, 0.25) is 0 Å². The van der Waals surface area contributed by atoms with Crippen LogP contribution in [0.1, 0.15) is 124 Å². The average Bonchev–Trinajstić information content (AvgIpc) is 1.62. The summed E-state index contributed by atoms with van der Waals surface area (Å²) in [6.45, 7) is 23.0. The number of para-hydroxylation sites is 4. The standard InChI is InChI=1S/C26H36N3O11P.C23H32N3O10P.C23H30N3O9P.C23H28N3O9P/c1-15(2)37-23(32)18(5)38-22(31)17(4)28-41(35,40-19-10-8-7-9-11-19)36-14-20-21(30)26(6,34)24(39-20)29-13-12-16(3)27-25(29)33;1-15-10-11-26(22(29)24-15)21-23(3,30)19(27)18(35-21)14-34-37(31,36-17-8-6-5-7-9-17)25-16(2)20(28)33-13-12-32-4;2*1-5-13-32-20(28)16(3)25-36(31,35-17-9-7-6-8-10-17)33-14-18-19(27)23(4,30)21(34-18)26-12-11-15(2)24-22(26)29/h7-13,15,17-18,20-21,24,30,34H,14H2,1-6H3,(H,28,35);5-11,16,18-19,21,27,30H,12-14H2,1-4H3,(H,25,31);5-12,16,18-19,21,27,30H,1,13-14H2,2-4H3,(H,25,31);1,6-12,16,18-19,21,27,30H,13-14H2,2-4H3,(H,25,31)/t17-,18-,20+,21+,24+,26+,41-;16-,18+,19+,21+,23+,37-;2*16-,18+,19+,21+,23+,36-/m0000/s1. The van der Waals surface area contributed by atoms with Crippen molar-refractivity contribution >= 4 is 60.8 Å². The fourth-order valence-electron chi connectivity index (χ4n) is 14.4. The Labute approximate surface area is 861 Å². The number of aryl methyl sites for hydroxylation is 4. The molecular weight excluding hydrogens is 2060 g/mol. The molecule has 51 nitrogen and oxygen atoms in total. The largest absolute Gasteiger partial charge is 0.462 e. The second kappa shape index (κ2) is 54.0. The van der Waals surface area contributed by atoms with Crippen LogP contribution < -0.4 is 61.2 Å². The van der Waals surface area contributed by atoms with Gasteiger partial charge in [0.2, 0.25) is 0 Å². The Kier molecular flexibility index (Phi) is 43.9. The zero-order valence-corrected chi connectivity index (χ0v) is 88.3. The maximum atomic E-state index is 13.8. The number of rotatable bonds is 45. The van der Waals surface area contributed by atoms with Crippen molar-refractivity contribution in [1.82, 2.24) is 58.6 Å². The molecule has 4 aromatic carbocycles. The van der Waals surface area contributed by atoms with E-state index >= 15 is 0 Å². The lowest BCUT2D eigenvalue weighted by Crippen LogP contribution is -2.46. The van der Waals surface area contributed by atoms with E-state index in [2.05, 4.69) is 52.8 Å². The second-order valence-corrected chi connectivity index (χ2v) is 42.2. The van der Waals surface area contributed by atoms with Crippen molar-refractivity contribution < 1.29 is 167 Å². The molecule has 12 N–H and O–H groups in total. The van der Waals surface area contributed by atoms with Crippen molar-refractivity contribution in [3.63, 3.8) is 0 Å². The summed E-state index contributed by atoms with van der Waals surface area (Å²) >= 11 is 0. The van der Waals surface area contributed by atoms with Gasteiger partial charge in [0.05, 0.1) is 39.1 Å². The highest BCUT2D eigenvalue weighted by atomic mass is 31.2. The van der Waals surface area contributed by atoms with Gasteiger partial charge in [0, 0.05) is 54.7 Å². The smallest absolute Gasteiger partial charge is 0.459 e. The Hall–Kier alpha value is -11.7. The first-order valence-electron chi connectivity index (χ1n) is 46.5. The number of terminal acetylenes is 1. The zero-order chi connectivity index (χ0) is 111. The minimum Gasteiger partial charge on any atom is -0.462 e. The molecule has 0 unspecified atom stereocenters. The number of aliphatic hydroxyl groups excluding tert-OH is 4. The van der Waals surface area contributed by atoms with Crippen LogP contribution in [-0.2, 0) is 108 Å². The maximum absolute atomic E-state index is 13.8. The summed E-state index contributed by atoms with van der Waals surface area (Å²) in [6.07, 6.45) is -5.98. The minimum absolute atomic E-state index is 0.00211. The fourth-order valence-corrected chi connectivity index (χ4v) is 20.4. The Morgan fingerprint density at radius 2 is 0.660 bits per heavy atom. The molecule has 8 heterocycles. The first-order valence-corrected chi connectivity index (χ1v) is 52.7. The molecule has 8 aromatic rings. The summed E-state index contributed by atoms with van der Waals surface area (Å²) in [7, 11) is -15.7. The first-order chi connectivity index (χ1) is 70.5. The minimum atomic E-state index is -4.39. The van der Waals surface area contributed by atoms with Gasteiger partial charge in [0.25, 0.3) is 0 Å². The normalized spacial score (nSPS) is 25.8. The number of carbonyl (C=O) groups is 5. The molecule has 0 bridgehead atoms. The van der Waals surface area contributed by atoms with Crippen molar-refractivity contribution in [3.8, 4) is 35.3 Å². The number of nitrogens with one attached hydrogen (secondary N) is 4. The first kappa shape index (κ1) is 122. The third kappa shape index (κ3) is 33.4. The molecule has 55 heteroatoms. The van der Waals surface area contributed by atoms with Crippen LogP contribution in [0, 0.1) is 40.0 Å². The molecule has 4 aliphatic rings. The van der Waals surface area contributed by atoms with E-state index in [1.165, 1.54) is 155 Å². The van der Waals surface area contributed by atoms with Crippen LogP contribution in [-0.4, -0.2) is 276 Å². The van der Waals surface area contributed by atoms with E-state index in [1.807, 2.05) is 0 Å². The molecule has 0 radical (unpaired) electrons. The quantitative estimate of drug-likeness (QED) is 0.00600. The van der Waals surface area contributed by atoms with Gasteiger partial charge in [-0.25, -0.2) is 42.2 Å². The Balaban J connectivity index is 0.000000222. The van der Waals surface area contributed by atoms with Crippen LogP contribution in [0.3, 0.4) is 0 Å². The number of methoxy groups -OCH3 is 1. The van der Waals surface area contributed by atoms with Gasteiger partial charge < -0.3 is 106 Å². The molecule has 4 saturated heterocycles. The number of nitrogens with zero attached hydrogens (tertiary/aromatic N) is 8. The van der Waals surface area contributed by atoms with Crippen molar-refractivity contribution in [2.24, 2.45) is 0 Å². The number of ether oxygens (including phenoxy) is 10. The van der Waals surface area contributed by atoms with Crippen molar-refractivity contribution in [2.45, 2.75) is 236 Å². The van der Waals surface area contributed by atoms with E-state index in [4.69, 9.17) is 90.0 Å². The second-order valence-electron chi connectivity index (χ2n) is 35.5. The van der Waals surface area contributed by atoms with Gasteiger partial charge in [0.1, 0.15) is 132 Å². The number of hydrogen-bond acceptors (Lipinski definition) is 43. The molecule has 12 rings (SSSR count). The van der Waals surface area contributed by atoms with Gasteiger partial charge in [-0.3, -0.25) is 55.5 Å². The Morgan fingerprint density at radius 1 is 0.407 bits per heavy atom. The lowest BCUT2D eigenvalue weighted by atomic mass is 9.96. The Morgan fingerprint density at radius 3 is 0.900 bits per heavy atom. The predicted molar refractivity (Wildman–Crippen MR) is 529 cm³/mol. The number of benzene rings is 4. The van der Waals surface area contributed by atoms with Crippen molar-refractivity contribution in [3.05, 3.63) is 248 Å². The predicted octanol–water partition coefficient (Wildman–Crippen LogP) is 4.95. The summed E-state index contributed by atoms with van der Waals surface area (Å²) < 4.78 is 156. The van der Waals surface area contributed by atoms with Crippen LogP contribution in [0.15, 0.2) is 202 Å². The average molecular weight is 2180 g/mol. The fraction of sp³-hybridized carbons (Fsp3) is 0.484. The van der Waals surface area contributed by atoms with Crippen LogP contribution in [0.25, 0.3) is 0 Å². The molecular formula is C95H126N12O39P4. The third-order valence-corrected chi connectivity index (χ3v) is 29.0. The summed E-state index contributed by atoms with van der Waals surface area (Å²) in [5.41, 5.74) is -8.58. The van der Waals surface area contributed by atoms with Gasteiger partial charge in [0.15, 0.2) is 37.6 Å². The molecule has 0 aliphatic carbocycles. The van der Waals surface area contributed by atoms with E-state index in [1.54, 1.807) is 133 Å². The Bertz CT molecular complexity index is 6370. The molecule has 0 amide bonds. The maximum Gasteiger partial charge on any atom is 0.459 e. The summed E-state index contributed by atoms with van der Waals surface area (Å²) in [5.74, 6) is -1.08. The molecule has 0 spiro atoms. The SMILES string of the molecule is C#CCOC(=O)[C@H](C)N[P@](=O)(OC[C@H]1O[C@@H](n2ccc(C)nc2=O)[C@](C)(O)[C@@H]1O)Oc1ccccc1.C=CCOC(=O)[C@H](C)N[P@](=O)(OC[C@H]1O[C@@H](n2ccc(C)nc2=O)[C@](C)(O)[C@@H]1O)Oc1ccccc1.COCCOC(=O)[C@H](C)N[P@](=O)(OC[C@H]1O[C@@H](n2ccc(C)nc2=O)[C@](C)(O)[C@@H]1O)Oc1ccccc1.Cc1ccn([C@@H]2O[C@H](CO[P@@](=O)(N[C@@H](C)C(=O)O[C@@H](C)C(=O)OC(C)C)Oc3ccccc3)[C@@H](O)[C@@]2(C)O)c(=O)n1. The van der Waals surface area contributed by atoms with E-state index in [0.717, 1.165) is 18.3 Å². The monoisotopic (exact) mass is 2180 g/mol. The van der Waals surface area contributed by atoms with E-state index in [-0.39, 0.29) is 49.4 Å². The van der Waals surface area contributed by atoms with Gasteiger partial charge in [-0.15, -0.1) is 6.42 Å². The van der Waals surface area contributed by atoms with Crippen LogP contribution >= 0.6 is 31.0 Å². The van der Waals surface area contributed by atoms with E-state index < -0.39 is 243 Å². The summed E-state index contributed by atoms with van der Waals surface area (Å²) in [4.78, 5) is 126. The van der Waals surface area contributed by atoms with Crippen LogP contribution in [0.5, 0.6) is 23.0 Å². The number of hydrogen-bond donors (Lipinski definition) is 12. The van der Waals surface area contributed by atoms with E-state index in [0.29, 0.717) is 22.8 Å². The van der Waals surface area contributed by atoms with Crippen LogP contribution in [0.4, 0.5) is 0 Å². The molecule has 0 saturated carbocycles. The van der Waals surface area contributed by atoms with Gasteiger partial charge in [-0.05, 0) is 177 Å². The topological polar surface area (TPSA) is 669 Å². The molecule has 4 fully saturated rings. The highest BCUT2D eigenvalue weighted by Gasteiger charge is 2.59. The number of aromatic nitrogens is 8. The van der Waals surface area contributed by atoms with Crippen molar-refractivity contribution in [2.75, 3.05) is 60.0 Å². The molecule has 820 valence electrons. The van der Waals surface area contributed by atoms with Gasteiger partial charge in [-0.2, -0.15) is 40.3 Å². The summed E-state index contributed by atoms with van der Waals surface area (Å²) in [6, 6.07) is 33.8. The summed E-state index contributed by atoms with van der Waals surface area (Å²) in [5, 5.41) is 96.6. The van der Waals surface area contributed by atoms with Crippen molar-refractivity contribution in [1.29, 1.82) is 0 Å². The lowest BCUT2D eigenvalue weighted by molar-refractivity contribution is -0.169. The molecule has 4 aliphatic heterocycles.